The van der Waals surface area contributed by atoms with Crippen molar-refractivity contribution in [1.29, 1.82) is 0 Å². The van der Waals surface area contributed by atoms with E-state index in [-0.39, 0.29) is 5.69 Å². The Balaban J connectivity index is 1.66. The number of rotatable bonds is 7. The third kappa shape index (κ3) is 5.07. The molecule has 8 heteroatoms. The summed E-state index contributed by atoms with van der Waals surface area (Å²) in [5.74, 6) is -0.499. The Kier molecular flexibility index (Phi) is 6.89. The van der Waals surface area contributed by atoms with Crippen LogP contribution in [0.4, 0.5) is 10.1 Å². The van der Waals surface area contributed by atoms with Gasteiger partial charge in [-0.1, -0.05) is 29.4 Å². The number of aromatic nitrogens is 1. The second kappa shape index (κ2) is 9.58. The Labute approximate surface area is 177 Å². The van der Waals surface area contributed by atoms with Crippen LogP contribution in [0.1, 0.15) is 34.3 Å². The van der Waals surface area contributed by atoms with E-state index in [1.54, 1.807) is 18.2 Å². The van der Waals surface area contributed by atoms with Crippen LogP contribution in [0, 0.1) is 19.7 Å². The van der Waals surface area contributed by atoms with E-state index >= 15 is 0 Å². The molecule has 1 atom stereocenters. The Morgan fingerprint density at radius 2 is 1.87 bits per heavy atom. The molecule has 3 rings (SSSR count). The molecule has 30 heavy (non-hydrogen) atoms. The highest BCUT2D eigenvalue weighted by atomic mass is 32.2. The van der Waals surface area contributed by atoms with Crippen molar-refractivity contribution in [3.8, 4) is 0 Å². The van der Waals surface area contributed by atoms with Gasteiger partial charge in [0.25, 0.3) is 5.91 Å². The first kappa shape index (κ1) is 21.6. The summed E-state index contributed by atoms with van der Waals surface area (Å²) in [6, 6.07) is 12.8. The van der Waals surface area contributed by atoms with Crippen LogP contribution < -0.4 is 5.32 Å². The maximum atomic E-state index is 13.7. The van der Waals surface area contributed by atoms with Gasteiger partial charge in [0.1, 0.15) is 11.6 Å². The van der Waals surface area contributed by atoms with Gasteiger partial charge in [0.2, 0.25) is 0 Å². The van der Waals surface area contributed by atoms with Crippen molar-refractivity contribution >= 4 is 29.3 Å². The minimum atomic E-state index is -1.10. The molecule has 1 unspecified atom stereocenters. The summed E-state index contributed by atoms with van der Waals surface area (Å²) in [5.41, 5.74) is 2.15. The Morgan fingerprint density at radius 3 is 2.57 bits per heavy atom. The molecule has 2 aromatic carbocycles. The third-order valence-corrected chi connectivity index (χ3v) is 5.54. The molecular formula is C22H21FN2O4S. The van der Waals surface area contributed by atoms with Crippen molar-refractivity contribution in [2.75, 3.05) is 5.32 Å². The van der Waals surface area contributed by atoms with E-state index in [0.717, 1.165) is 17.0 Å². The highest BCUT2D eigenvalue weighted by Crippen LogP contribution is 2.29. The quantitative estimate of drug-likeness (QED) is 0.426. The number of hydrogen-bond acceptors (Lipinski definition) is 6. The largest absolute Gasteiger partial charge is 0.449 e. The lowest BCUT2D eigenvalue weighted by Gasteiger charge is -2.15. The van der Waals surface area contributed by atoms with E-state index in [9.17, 15) is 14.0 Å². The monoisotopic (exact) mass is 428 g/mol. The van der Waals surface area contributed by atoms with Crippen molar-refractivity contribution in [1.82, 2.24) is 5.16 Å². The Hall–Kier alpha value is -3.13. The zero-order valence-corrected chi connectivity index (χ0v) is 17.6. The molecule has 0 spiro atoms. The topological polar surface area (TPSA) is 81.4 Å². The average Bonchev–Trinajstić information content (AvgIpc) is 3.05. The van der Waals surface area contributed by atoms with Crippen molar-refractivity contribution in [3.05, 3.63) is 76.9 Å². The lowest BCUT2D eigenvalue weighted by Crippen LogP contribution is -2.30. The minimum Gasteiger partial charge on any atom is -0.449 e. The van der Waals surface area contributed by atoms with Crippen molar-refractivity contribution in [3.63, 3.8) is 0 Å². The molecule has 1 amide bonds. The highest BCUT2D eigenvalue weighted by Gasteiger charge is 2.22. The highest BCUT2D eigenvalue weighted by molar-refractivity contribution is 7.98. The number of benzene rings is 2. The number of carbonyl (C=O) groups excluding carboxylic acids is 2. The number of carbonyl (C=O) groups is 2. The molecule has 1 N–H and O–H groups in total. The van der Waals surface area contributed by atoms with Crippen LogP contribution in [0.3, 0.4) is 0 Å². The van der Waals surface area contributed by atoms with Gasteiger partial charge in [0.05, 0.1) is 16.9 Å². The molecule has 0 aliphatic carbocycles. The van der Waals surface area contributed by atoms with Crippen LogP contribution in [-0.4, -0.2) is 23.1 Å². The van der Waals surface area contributed by atoms with Crippen molar-refractivity contribution < 1.29 is 23.2 Å². The fraction of sp³-hybridized carbons (Fsp3) is 0.227. The number of halogens is 1. The van der Waals surface area contributed by atoms with Crippen molar-refractivity contribution in [2.24, 2.45) is 0 Å². The SMILES string of the molecule is Cc1noc(C)c1CSc1ccccc1C(=O)OC(C)C(=O)Nc1ccccc1F. The predicted molar refractivity (Wildman–Crippen MR) is 112 cm³/mol. The number of anilines is 1. The molecule has 3 aromatic rings. The summed E-state index contributed by atoms with van der Waals surface area (Å²) in [5, 5.41) is 6.36. The molecule has 0 fully saturated rings. The van der Waals surface area contributed by atoms with Gasteiger partial charge >= 0.3 is 5.97 Å². The van der Waals surface area contributed by atoms with Gasteiger partial charge in [0.15, 0.2) is 6.10 Å². The second-order valence-corrected chi connectivity index (χ2v) is 7.62. The molecule has 0 bridgehead atoms. The Morgan fingerprint density at radius 1 is 1.17 bits per heavy atom. The minimum absolute atomic E-state index is 0.0285. The molecular weight excluding hydrogens is 407 g/mol. The van der Waals surface area contributed by atoms with Crippen LogP contribution in [0.2, 0.25) is 0 Å². The second-order valence-electron chi connectivity index (χ2n) is 6.60. The first-order valence-electron chi connectivity index (χ1n) is 9.26. The van der Waals surface area contributed by atoms with Gasteiger partial charge in [-0.05, 0) is 45.0 Å². The van der Waals surface area contributed by atoms with Crippen LogP contribution >= 0.6 is 11.8 Å². The van der Waals surface area contributed by atoms with Gasteiger partial charge in [-0.25, -0.2) is 9.18 Å². The number of aryl methyl sites for hydroxylation is 2. The smallest absolute Gasteiger partial charge is 0.340 e. The molecule has 156 valence electrons. The summed E-state index contributed by atoms with van der Waals surface area (Å²) >= 11 is 1.45. The van der Waals surface area contributed by atoms with E-state index in [1.165, 1.54) is 36.9 Å². The fourth-order valence-corrected chi connectivity index (χ4v) is 3.89. The number of thioether (sulfide) groups is 1. The number of amides is 1. The summed E-state index contributed by atoms with van der Waals surface area (Å²) in [6.45, 7) is 5.14. The number of ether oxygens (including phenoxy) is 1. The zero-order chi connectivity index (χ0) is 21.7. The molecule has 0 saturated heterocycles. The zero-order valence-electron chi connectivity index (χ0n) is 16.8. The number of nitrogens with zero attached hydrogens (tertiary/aromatic N) is 1. The van der Waals surface area contributed by atoms with E-state index in [4.69, 9.17) is 9.26 Å². The molecule has 0 aliphatic heterocycles. The maximum Gasteiger partial charge on any atom is 0.340 e. The van der Waals surface area contributed by atoms with Crippen LogP contribution in [0.5, 0.6) is 0 Å². The number of esters is 1. The molecule has 1 heterocycles. The molecule has 0 radical (unpaired) electrons. The van der Waals surface area contributed by atoms with E-state index in [1.807, 2.05) is 26.0 Å². The van der Waals surface area contributed by atoms with Gasteiger partial charge in [-0.15, -0.1) is 11.8 Å². The average molecular weight is 428 g/mol. The third-order valence-electron chi connectivity index (χ3n) is 4.44. The molecule has 0 saturated carbocycles. The number of nitrogens with one attached hydrogen (secondary N) is 1. The van der Waals surface area contributed by atoms with Crippen LogP contribution in [0.15, 0.2) is 57.9 Å². The van der Waals surface area contributed by atoms with E-state index in [0.29, 0.717) is 16.2 Å². The molecule has 0 aliphatic rings. The summed E-state index contributed by atoms with van der Waals surface area (Å²) in [6.07, 6.45) is -1.10. The van der Waals surface area contributed by atoms with Crippen LogP contribution in [0.25, 0.3) is 0 Å². The first-order chi connectivity index (χ1) is 14.4. The summed E-state index contributed by atoms with van der Waals surface area (Å²) in [7, 11) is 0. The van der Waals surface area contributed by atoms with Crippen LogP contribution in [-0.2, 0) is 15.3 Å². The number of para-hydroxylation sites is 1. The standard InChI is InChI=1S/C22H21FN2O4S/c1-13-17(14(2)29-25-13)12-30-20-11-7-4-8-16(20)22(27)28-15(3)21(26)24-19-10-6-5-9-18(19)23/h4-11,15H,12H2,1-3H3,(H,24,26). The lowest BCUT2D eigenvalue weighted by atomic mass is 10.2. The van der Waals surface area contributed by atoms with E-state index in [2.05, 4.69) is 10.5 Å². The first-order valence-corrected chi connectivity index (χ1v) is 10.3. The van der Waals surface area contributed by atoms with Gasteiger partial charge < -0.3 is 14.6 Å². The summed E-state index contributed by atoms with van der Waals surface area (Å²) in [4.78, 5) is 25.7. The fourth-order valence-electron chi connectivity index (χ4n) is 2.69. The molecule has 6 nitrogen and oxygen atoms in total. The molecule has 1 aromatic heterocycles. The van der Waals surface area contributed by atoms with Crippen molar-refractivity contribution in [2.45, 2.75) is 37.5 Å². The van der Waals surface area contributed by atoms with E-state index < -0.39 is 23.8 Å². The normalized spacial score (nSPS) is 11.7. The van der Waals surface area contributed by atoms with Gasteiger partial charge in [-0.2, -0.15) is 0 Å². The van der Waals surface area contributed by atoms with Gasteiger partial charge in [-0.3, -0.25) is 4.79 Å². The lowest BCUT2D eigenvalue weighted by molar-refractivity contribution is -0.123. The number of hydrogen-bond donors (Lipinski definition) is 1. The summed E-state index contributed by atoms with van der Waals surface area (Å²) < 4.78 is 24.2. The maximum absolute atomic E-state index is 13.7. The Bertz CT molecular complexity index is 1050. The van der Waals surface area contributed by atoms with Gasteiger partial charge in [0, 0.05) is 16.2 Å². The predicted octanol–water partition coefficient (Wildman–Crippen LogP) is 4.91.